The van der Waals surface area contributed by atoms with E-state index in [0.717, 1.165) is 12.6 Å². The molecule has 2 aliphatic heterocycles. The van der Waals surface area contributed by atoms with Gasteiger partial charge in [-0.15, -0.1) is 0 Å². The lowest BCUT2D eigenvalue weighted by molar-refractivity contribution is 0.0728. The molecule has 2 fully saturated rings. The molecule has 0 aromatic rings. The smallest absolute Gasteiger partial charge is 0.0215 e. The Morgan fingerprint density at radius 2 is 1.71 bits per heavy atom. The molecule has 0 saturated carbocycles. The van der Waals surface area contributed by atoms with Gasteiger partial charge in [0.15, 0.2) is 0 Å². The highest BCUT2D eigenvalue weighted by Crippen LogP contribution is 2.22. The lowest BCUT2D eigenvalue weighted by atomic mass is 9.98. The molecule has 100 valence electrons. The minimum Gasteiger partial charge on any atom is -0.329 e. The van der Waals surface area contributed by atoms with Crippen molar-refractivity contribution in [1.82, 2.24) is 9.80 Å². The monoisotopic (exact) mass is 239 g/mol. The van der Waals surface area contributed by atoms with Crippen molar-refractivity contribution < 1.29 is 0 Å². The molecular weight excluding hydrogens is 210 g/mol. The van der Waals surface area contributed by atoms with Crippen molar-refractivity contribution in [3.63, 3.8) is 0 Å². The molecule has 2 N–H and O–H groups in total. The minimum atomic E-state index is 0.623. The summed E-state index contributed by atoms with van der Waals surface area (Å²) < 4.78 is 0. The molecule has 0 radical (unpaired) electrons. The van der Waals surface area contributed by atoms with Crippen LogP contribution < -0.4 is 5.73 Å². The number of likely N-dealkylation sites (tertiary alicyclic amines) is 2. The van der Waals surface area contributed by atoms with Gasteiger partial charge in [0.25, 0.3) is 0 Å². The van der Waals surface area contributed by atoms with Crippen LogP contribution in [-0.4, -0.2) is 54.6 Å². The first-order valence-corrected chi connectivity index (χ1v) is 7.53. The first-order valence-electron chi connectivity index (χ1n) is 7.53. The summed E-state index contributed by atoms with van der Waals surface area (Å²) in [5, 5.41) is 0. The van der Waals surface area contributed by atoms with Gasteiger partial charge in [-0.25, -0.2) is 0 Å². The Labute approximate surface area is 106 Å². The largest absolute Gasteiger partial charge is 0.329 e. The summed E-state index contributed by atoms with van der Waals surface area (Å²) in [4.78, 5) is 5.35. The van der Waals surface area contributed by atoms with Crippen molar-refractivity contribution in [3.8, 4) is 0 Å². The molecule has 1 unspecified atom stereocenters. The molecule has 17 heavy (non-hydrogen) atoms. The van der Waals surface area contributed by atoms with Crippen LogP contribution in [-0.2, 0) is 0 Å². The van der Waals surface area contributed by atoms with Gasteiger partial charge in [0, 0.05) is 18.6 Å². The van der Waals surface area contributed by atoms with E-state index in [-0.39, 0.29) is 0 Å². The Balaban J connectivity index is 1.76. The SMILES string of the molecule is CCC(CN)N1CCC(N2CCCCC2)CC1. The average molecular weight is 239 g/mol. The minimum absolute atomic E-state index is 0.623. The summed E-state index contributed by atoms with van der Waals surface area (Å²) in [5.41, 5.74) is 5.84. The number of rotatable bonds is 4. The Bertz CT molecular complexity index is 202. The fraction of sp³-hybridized carbons (Fsp3) is 1.00. The zero-order valence-corrected chi connectivity index (χ0v) is 11.4. The summed E-state index contributed by atoms with van der Waals surface area (Å²) >= 11 is 0. The van der Waals surface area contributed by atoms with Crippen molar-refractivity contribution in [3.05, 3.63) is 0 Å². The van der Waals surface area contributed by atoms with Crippen LogP contribution in [0.1, 0.15) is 45.4 Å². The van der Waals surface area contributed by atoms with Crippen LogP contribution in [0.4, 0.5) is 0 Å². The third-order valence-electron chi connectivity index (χ3n) is 4.67. The molecule has 2 aliphatic rings. The van der Waals surface area contributed by atoms with Crippen molar-refractivity contribution in [2.24, 2.45) is 5.73 Å². The van der Waals surface area contributed by atoms with E-state index in [4.69, 9.17) is 5.73 Å². The second-order valence-electron chi connectivity index (χ2n) is 5.66. The molecule has 3 nitrogen and oxygen atoms in total. The highest BCUT2D eigenvalue weighted by atomic mass is 15.2. The molecule has 2 heterocycles. The van der Waals surface area contributed by atoms with E-state index in [1.54, 1.807) is 0 Å². The van der Waals surface area contributed by atoms with Gasteiger partial charge in [-0.3, -0.25) is 4.90 Å². The standard InChI is InChI=1S/C14H29N3/c1-2-13(12-15)17-10-6-14(7-11-17)16-8-4-3-5-9-16/h13-14H,2-12,15H2,1H3. The summed E-state index contributed by atoms with van der Waals surface area (Å²) in [5.74, 6) is 0. The highest BCUT2D eigenvalue weighted by molar-refractivity contribution is 4.84. The predicted molar refractivity (Wildman–Crippen MR) is 73.2 cm³/mol. The van der Waals surface area contributed by atoms with Crippen LogP contribution in [0.2, 0.25) is 0 Å². The first-order chi connectivity index (χ1) is 8.35. The third-order valence-corrected chi connectivity index (χ3v) is 4.67. The molecule has 1 atom stereocenters. The second-order valence-corrected chi connectivity index (χ2v) is 5.66. The quantitative estimate of drug-likeness (QED) is 0.810. The van der Waals surface area contributed by atoms with Gasteiger partial charge in [0.1, 0.15) is 0 Å². The summed E-state index contributed by atoms with van der Waals surface area (Å²) in [6, 6.07) is 1.49. The molecule has 0 aliphatic carbocycles. The molecule has 0 aromatic carbocycles. The van der Waals surface area contributed by atoms with E-state index in [0.29, 0.717) is 6.04 Å². The summed E-state index contributed by atoms with van der Waals surface area (Å²) in [7, 11) is 0. The zero-order valence-electron chi connectivity index (χ0n) is 11.4. The zero-order chi connectivity index (χ0) is 12.1. The van der Waals surface area contributed by atoms with E-state index in [1.807, 2.05) is 0 Å². The van der Waals surface area contributed by atoms with E-state index in [9.17, 15) is 0 Å². The van der Waals surface area contributed by atoms with Crippen LogP contribution in [0.25, 0.3) is 0 Å². The normalized spacial score (nSPS) is 27.2. The van der Waals surface area contributed by atoms with Gasteiger partial charge < -0.3 is 10.6 Å². The van der Waals surface area contributed by atoms with Gasteiger partial charge in [0.05, 0.1) is 0 Å². The van der Waals surface area contributed by atoms with E-state index < -0.39 is 0 Å². The second kappa shape index (κ2) is 6.72. The Hall–Kier alpha value is -0.120. The molecule has 2 saturated heterocycles. The van der Waals surface area contributed by atoms with Crippen molar-refractivity contribution in [2.45, 2.75) is 57.5 Å². The van der Waals surface area contributed by atoms with E-state index in [2.05, 4.69) is 16.7 Å². The van der Waals surface area contributed by atoms with Crippen LogP contribution in [0.3, 0.4) is 0 Å². The Kier molecular flexibility index (Phi) is 5.26. The van der Waals surface area contributed by atoms with Crippen LogP contribution in [0.5, 0.6) is 0 Å². The summed E-state index contributed by atoms with van der Waals surface area (Å²) in [6.45, 7) is 8.30. The van der Waals surface area contributed by atoms with Gasteiger partial charge in [-0.1, -0.05) is 13.3 Å². The number of nitrogens with two attached hydrogens (primary N) is 1. The molecule has 0 bridgehead atoms. The van der Waals surface area contributed by atoms with Crippen molar-refractivity contribution in [1.29, 1.82) is 0 Å². The molecular formula is C14H29N3. The molecule has 2 rings (SSSR count). The summed E-state index contributed by atoms with van der Waals surface area (Å²) in [6.07, 6.45) is 8.19. The molecule has 3 heteroatoms. The van der Waals surface area contributed by atoms with Crippen LogP contribution in [0.15, 0.2) is 0 Å². The first kappa shape index (κ1) is 13.3. The predicted octanol–water partition coefficient (Wildman–Crippen LogP) is 1.67. The Morgan fingerprint density at radius 1 is 1.06 bits per heavy atom. The van der Waals surface area contributed by atoms with Gasteiger partial charge in [-0.2, -0.15) is 0 Å². The van der Waals surface area contributed by atoms with Gasteiger partial charge in [-0.05, 0) is 58.3 Å². The van der Waals surface area contributed by atoms with E-state index >= 15 is 0 Å². The third kappa shape index (κ3) is 3.43. The fourth-order valence-corrected chi connectivity index (χ4v) is 3.47. The highest BCUT2D eigenvalue weighted by Gasteiger charge is 2.27. The van der Waals surface area contributed by atoms with E-state index in [1.165, 1.54) is 64.7 Å². The lowest BCUT2D eigenvalue weighted by Gasteiger charge is -2.42. The van der Waals surface area contributed by atoms with Crippen LogP contribution >= 0.6 is 0 Å². The van der Waals surface area contributed by atoms with Gasteiger partial charge >= 0.3 is 0 Å². The lowest BCUT2D eigenvalue weighted by Crippen LogP contribution is -2.50. The topological polar surface area (TPSA) is 32.5 Å². The number of piperidine rings is 2. The fourth-order valence-electron chi connectivity index (χ4n) is 3.47. The van der Waals surface area contributed by atoms with Crippen molar-refractivity contribution in [2.75, 3.05) is 32.7 Å². The maximum Gasteiger partial charge on any atom is 0.0215 e. The number of hydrogen-bond acceptors (Lipinski definition) is 3. The molecule has 0 aromatic heterocycles. The maximum atomic E-state index is 5.84. The van der Waals surface area contributed by atoms with Gasteiger partial charge in [0.2, 0.25) is 0 Å². The Morgan fingerprint density at radius 3 is 2.24 bits per heavy atom. The maximum absolute atomic E-state index is 5.84. The number of nitrogens with zero attached hydrogens (tertiary/aromatic N) is 2. The average Bonchev–Trinajstić information content (AvgIpc) is 2.42. The van der Waals surface area contributed by atoms with Crippen molar-refractivity contribution >= 4 is 0 Å². The van der Waals surface area contributed by atoms with Crippen LogP contribution in [0, 0.1) is 0 Å². The molecule has 0 amide bonds. The number of hydrogen-bond donors (Lipinski definition) is 1. The molecule has 0 spiro atoms.